The minimum Gasteiger partial charge on any atom is -0.322 e. The number of amides is 3. The number of benzene rings is 2. The summed E-state index contributed by atoms with van der Waals surface area (Å²) in [6.07, 6.45) is 4.54. The molecule has 2 aromatic rings. The van der Waals surface area contributed by atoms with Crippen LogP contribution in [0.4, 0.5) is 11.4 Å². The standard InChI is InChI=1S/C23H21ClN2O3/c1-13-6-3-9-17-20(13)23(29)26(22(17)28)16-8-4-7-15(12-16)21(27)25-19-11-5-10-18(24)14(19)2/h3-8,10-13,17,20H,9H2,1-2H3,(H,25,27)/t13-,17+,20+/m0/s1. The number of rotatable bonds is 3. The van der Waals surface area contributed by atoms with E-state index in [1.54, 1.807) is 42.5 Å². The van der Waals surface area contributed by atoms with Gasteiger partial charge in [-0.05, 0) is 55.2 Å². The fourth-order valence-electron chi connectivity index (χ4n) is 4.13. The van der Waals surface area contributed by atoms with Crippen molar-refractivity contribution in [3.05, 3.63) is 70.8 Å². The fourth-order valence-corrected chi connectivity index (χ4v) is 4.30. The number of carbonyl (C=O) groups excluding carboxylic acids is 3. The van der Waals surface area contributed by atoms with Crippen LogP contribution in [0.15, 0.2) is 54.6 Å². The Kier molecular flexibility index (Phi) is 5.01. The molecule has 1 aliphatic carbocycles. The second-order valence-corrected chi connectivity index (χ2v) is 7.99. The average molecular weight is 409 g/mol. The van der Waals surface area contributed by atoms with E-state index in [1.165, 1.54) is 4.90 Å². The Morgan fingerprint density at radius 3 is 2.66 bits per heavy atom. The predicted molar refractivity (Wildman–Crippen MR) is 113 cm³/mol. The molecular weight excluding hydrogens is 388 g/mol. The molecule has 0 aromatic heterocycles. The van der Waals surface area contributed by atoms with Crippen LogP contribution in [0.1, 0.15) is 29.3 Å². The van der Waals surface area contributed by atoms with Gasteiger partial charge in [0.05, 0.1) is 17.5 Å². The molecule has 2 aromatic carbocycles. The van der Waals surface area contributed by atoms with E-state index in [4.69, 9.17) is 11.6 Å². The number of halogens is 1. The van der Waals surface area contributed by atoms with Crippen LogP contribution in [0, 0.1) is 24.7 Å². The first kappa shape index (κ1) is 19.4. The topological polar surface area (TPSA) is 66.5 Å². The Morgan fingerprint density at radius 1 is 1.14 bits per heavy atom. The molecule has 0 saturated carbocycles. The molecule has 0 spiro atoms. The molecule has 29 heavy (non-hydrogen) atoms. The molecule has 1 saturated heterocycles. The molecule has 1 N–H and O–H groups in total. The molecule has 0 bridgehead atoms. The second-order valence-electron chi connectivity index (χ2n) is 7.58. The van der Waals surface area contributed by atoms with Gasteiger partial charge < -0.3 is 5.32 Å². The van der Waals surface area contributed by atoms with Crippen LogP contribution in [0.3, 0.4) is 0 Å². The van der Waals surface area contributed by atoms with E-state index < -0.39 is 0 Å². The smallest absolute Gasteiger partial charge is 0.255 e. The molecule has 0 radical (unpaired) electrons. The summed E-state index contributed by atoms with van der Waals surface area (Å²) >= 11 is 6.12. The van der Waals surface area contributed by atoms with E-state index in [2.05, 4.69) is 5.32 Å². The van der Waals surface area contributed by atoms with E-state index >= 15 is 0 Å². The summed E-state index contributed by atoms with van der Waals surface area (Å²) in [4.78, 5) is 39.9. The maximum absolute atomic E-state index is 13.0. The zero-order valence-electron chi connectivity index (χ0n) is 16.2. The van der Waals surface area contributed by atoms with Gasteiger partial charge in [-0.2, -0.15) is 0 Å². The van der Waals surface area contributed by atoms with E-state index in [-0.39, 0.29) is 35.5 Å². The van der Waals surface area contributed by atoms with Crippen molar-refractivity contribution < 1.29 is 14.4 Å². The van der Waals surface area contributed by atoms with Crippen molar-refractivity contribution in [1.29, 1.82) is 0 Å². The van der Waals surface area contributed by atoms with Gasteiger partial charge in [-0.1, -0.05) is 42.8 Å². The summed E-state index contributed by atoms with van der Waals surface area (Å²) in [5.74, 6) is -1.36. The van der Waals surface area contributed by atoms with Crippen LogP contribution in [-0.2, 0) is 9.59 Å². The average Bonchev–Trinajstić information content (AvgIpc) is 2.97. The van der Waals surface area contributed by atoms with Gasteiger partial charge in [0.25, 0.3) is 5.91 Å². The molecule has 1 fully saturated rings. The number of allylic oxidation sites excluding steroid dienone is 2. The van der Waals surface area contributed by atoms with E-state index in [9.17, 15) is 14.4 Å². The van der Waals surface area contributed by atoms with Gasteiger partial charge in [0.1, 0.15) is 0 Å². The highest BCUT2D eigenvalue weighted by Crippen LogP contribution is 2.40. The molecule has 0 unspecified atom stereocenters. The minimum atomic E-state index is -0.334. The number of hydrogen-bond donors (Lipinski definition) is 1. The Balaban J connectivity index is 1.61. The maximum Gasteiger partial charge on any atom is 0.255 e. The van der Waals surface area contributed by atoms with Crippen molar-refractivity contribution in [2.45, 2.75) is 20.3 Å². The number of hydrogen-bond acceptors (Lipinski definition) is 3. The predicted octanol–water partition coefficient (Wildman–Crippen LogP) is 4.60. The first-order valence-electron chi connectivity index (χ1n) is 9.59. The lowest BCUT2D eigenvalue weighted by Crippen LogP contribution is -2.31. The maximum atomic E-state index is 13.0. The van der Waals surface area contributed by atoms with Crippen molar-refractivity contribution in [3.63, 3.8) is 0 Å². The number of fused-ring (bicyclic) bond motifs is 1. The van der Waals surface area contributed by atoms with Crippen LogP contribution < -0.4 is 10.2 Å². The minimum absolute atomic E-state index is 0.0208. The van der Waals surface area contributed by atoms with Gasteiger partial charge in [-0.3, -0.25) is 19.3 Å². The quantitative estimate of drug-likeness (QED) is 0.596. The van der Waals surface area contributed by atoms with Crippen LogP contribution in [0.25, 0.3) is 0 Å². The van der Waals surface area contributed by atoms with Crippen LogP contribution in [-0.4, -0.2) is 17.7 Å². The summed E-state index contributed by atoms with van der Waals surface area (Å²) in [6, 6.07) is 11.9. The van der Waals surface area contributed by atoms with E-state index in [0.29, 0.717) is 28.4 Å². The molecule has 4 rings (SSSR count). The SMILES string of the molecule is Cc1c(Cl)cccc1NC(=O)c1cccc(N2C(=O)[C@@H]3[C@@H](C)C=CC[C@H]3C2=O)c1. The number of carbonyl (C=O) groups is 3. The summed E-state index contributed by atoms with van der Waals surface area (Å²) in [7, 11) is 0. The lowest BCUT2D eigenvalue weighted by Gasteiger charge is -2.22. The monoisotopic (exact) mass is 408 g/mol. The molecule has 1 heterocycles. The third-order valence-electron chi connectivity index (χ3n) is 5.76. The Hall–Kier alpha value is -2.92. The Morgan fingerprint density at radius 2 is 1.90 bits per heavy atom. The van der Waals surface area contributed by atoms with Crippen molar-refractivity contribution in [3.8, 4) is 0 Å². The third-order valence-corrected chi connectivity index (χ3v) is 6.16. The van der Waals surface area contributed by atoms with Crippen LogP contribution in [0.2, 0.25) is 5.02 Å². The molecule has 5 nitrogen and oxygen atoms in total. The molecule has 6 heteroatoms. The number of imide groups is 1. The first-order valence-corrected chi connectivity index (χ1v) is 9.97. The third kappa shape index (κ3) is 3.36. The molecule has 2 aliphatic rings. The fraction of sp³-hybridized carbons (Fsp3) is 0.261. The summed E-state index contributed by atoms with van der Waals surface area (Å²) in [5.41, 5.74) is 2.18. The Labute approximate surface area is 174 Å². The normalized spacial score (nSPS) is 23.3. The highest BCUT2D eigenvalue weighted by Gasteiger charge is 2.50. The van der Waals surface area contributed by atoms with Gasteiger partial charge in [0, 0.05) is 16.3 Å². The molecular formula is C23H21ClN2O3. The number of nitrogens with zero attached hydrogens (tertiary/aromatic N) is 1. The first-order chi connectivity index (χ1) is 13.9. The molecule has 3 amide bonds. The summed E-state index contributed by atoms with van der Waals surface area (Å²) in [5, 5.41) is 3.41. The van der Waals surface area contributed by atoms with Gasteiger partial charge in [0.15, 0.2) is 0 Å². The molecule has 1 aliphatic heterocycles. The van der Waals surface area contributed by atoms with E-state index in [0.717, 1.165) is 5.56 Å². The zero-order chi connectivity index (χ0) is 20.7. The van der Waals surface area contributed by atoms with Crippen molar-refractivity contribution >= 4 is 40.7 Å². The lowest BCUT2D eigenvalue weighted by atomic mass is 9.78. The molecule has 3 atom stereocenters. The van der Waals surface area contributed by atoms with Gasteiger partial charge in [-0.15, -0.1) is 0 Å². The number of anilines is 2. The lowest BCUT2D eigenvalue weighted by molar-refractivity contribution is -0.122. The van der Waals surface area contributed by atoms with Gasteiger partial charge in [0.2, 0.25) is 11.8 Å². The summed E-state index contributed by atoms with van der Waals surface area (Å²) in [6.45, 7) is 3.78. The van der Waals surface area contributed by atoms with Crippen molar-refractivity contribution in [1.82, 2.24) is 0 Å². The Bertz CT molecular complexity index is 1050. The van der Waals surface area contributed by atoms with Crippen LogP contribution >= 0.6 is 11.6 Å². The largest absolute Gasteiger partial charge is 0.322 e. The van der Waals surface area contributed by atoms with Gasteiger partial charge >= 0.3 is 0 Å². The van der Waals surface area contributed by atoms with Crippen molar-refractivity contribution in [2.24, 2.45) is 17.8 Å². The van der Waals surface area contributed by atoms with E-state index in [1.807, 2.05) is 26.0 Å². The van der Waals surface area contributed by atoms with Crippen LogP contribution in [0.5, 0.6) is 0 Å². The highest BCUT2D eigenvalue weighted by molar-refractivity contribution is 6.31. The zero-order valence-corrected chi connectivity index (χ0v) is 16.9. The highest BCUT2D eigenvalue weighted by atomic mass is 35.5. The van der Waals surface area contributed by atoms with Crippen molar-refractivity contribution in [2.75, 3.05) is 10.2 Å². The second kappa shape index (κ2) is 7.48. The molecule has 148 valence electrons. The number of nitrogens with one attached hydrogen (secondary N) is 1. The van der Waals surface area contributed by atoms with Gasteiger partial charge in [-0.25, -0.2) is 0 Å². The summed E-state index contributed by atoms with van der Waals surface area (Å²) < 4.78 is 0.